The summed E-state index contributed by atoms with van der Waals surface area (Å²) < 4.78 is 75.1. The van der Waals surface area contributed by atoms with Gasteiger partial charge in [-0.2, -0.15) is 8.78 Å². The van der Waals surface area contributed by atoms with Crippen LogP contribution in [0, 0.1) is 5.82 Å². The van der Waals surface area contributed by atoms with Crippen LogP contribution in [0.2, 0.25) is 0 Å². The summed E-state index contributed by atoms with van der Waals surface area (Å²) >= 11 is 0. The van der Waals surface area contributed by atoms with E-state index in [1.54, 1.807) is 4.90 Å². The van der Waals surface area contributed by atoms with Crippen molar-refractivity contribution in [3.63, 3.8) is 0 Å². The highest BCUT2D eigenvalue weighted by atomic mass is 19.3. The average molecular weight is 454 g/mol. The Morgan fingerprint density at radius 1 is 1.22 bits per heavy atom. The number of morpholine rings is 1. The quantitative estimate of drug-likeness (QED) is 0.545. The molecule has 1 aliphatic heterocycles. The Kier molecular flexibility index (Phi) is 5.85. The summed E-state index contributed by atoms with van der Waals surface area (Å²) in [5.41, 5.74) is -0.189. The van der Waals surface area contributed by atoms with Crippen LogP contribution in [0.25, 0.3) is 22.3 Å². The Balaban J connectivity index is 1.78. The summed E-state index contributed by atoms with van der Waals surface area (Å²) in [6.45, 7) is 1.12. The number of carbonyl (C=O) groups is 1. The number of imidazole rings is 1. The van der Waals surface area contributed by atoms with Crippen LogP contribution in [-0.2, 0) is 17.2 Å². The van der Waals surface area contributed by atoms with Crippen LogP contribution in [0.1, 0.15) is 23.1 Å². The van der Waals surface area contributed by atoms with E-state index in [1.807, 2.05) is 0 Å². The molecule has 2 aromatic heterocycles. The third kappa shape index (κ3) is 4.16. The molecule has 1 amide bonds. The highest BCUT2D eigenvalue weighted by molar-refractivity contribution is 5.96. The zero-order valence-corrected chi connectivity index (χ0v) is 17.0. The van der Waals surface area contributed by atoms with Gasteiger partial charge < -0.3 is 14.2 Å². The topological polar surface area (TPSA) is 60.3 Å². The molecule has 1 aromatic carbocycles. The van der Waals surface area contributed by atoms with Gasteiger partial charge in [-0.05, 0) is 24.3 Å². The molecule has 11 heteroatoms. The number of benzene rings is 1. The molecule has 0 unspecified atom stereocenters. The maximum absolute atomic E-state index is 15.0. The van der Waals surface area contributed by atoms with Gasteiger partial charge in [0.2, 0.25) is 0 Å². The van der Waals surface area contributed by atoms with Crippen molar-refractivity contribution in [1.82, 2.24) is 19.4 Å². The number of amides is 1. The minimum Gasteiger partial charge on any atom is -0.378 e. The lowest BCUT2D eigenvalue weighted by Gasteiger charge is -2.26. The van der Waals surface area contributed by atoms with Gasteiger partial charge in [-0.1, -0.05) is 0 Å². The van der Waals surface area contributed by atoms with Crippen LogP contribution in [0.15, 0.2) is 30.5 Å². The van der Waals surface area contributed by atoms with Crippen LogP contribution >= 0.6 is 0 Å². The first-order chi connectivity index (χ1) is 15.2. The maximum atomic E-state index is 15.0. The van der Waals surface area contributed by atoms with Crippen molar-refractivity contribution >= 4 is 16.9 Å². The van der Waals surface area contributed by atoms with E-state index >= 15 is 4.39 Å². The van der Waals surface area contributed by atoms with E-state index in [0.717, 1.165) is 10.6 Å². The van der Waals surface area contributed by atoms with Gasteiger partial charge in [-0.25, -0.2) is 18.2 Å². The Bertz CT molecular complexity index is 1150. The van der Waals surface area contributed by atoms with Crippen molar-refractivity contribution in [2.75, 3.05) is 26.3 Å². The van der Waals surface area contributed by atoms with E-state index in [-0.39, 0.29) is 33.8 Å². The summed E-state index contributed by atoms with van der Waals surface area (Å²) in [7, 11) is 0. The molecule has 1 aliphatic rings. The fourth-order valence-electron chi connectivity index (χ4n) is 3.70. The molecule has 0 bridgehead atoms. The van der Waals surface area contributed by atoms with Crippen LogP contribution < -0.4 is 0 Å². The van der Waals surface area contributed by atoms with Gasteiger partial charge in [0.1, 0.15) is 17.0 Å². The van der Waals surface area contributed by atoms with E-state index in [9.17, 15) is 22.4 Å². The second kappa shape index (κ2) is 8.45. The Labute approximate surface area is 179 Å². The largest absolute Gasteiger partial charge is 0.378 e. The highest BCUT2D eigenvalue weighted by Crippen LogP contribution is 2.34. The first kappa shape index (κ1) is 22.1. The van der Waals surface area contributed by atoms with Gasteiger partial charge in [0.15, 0.2) is 5.82 Å². The zero-order chi connectivity index (χ0) is 23.0. The lowest BCUT2D eigenvalue weighted by molar-refractivity contribution is 0.00166. The van der Waals surface area contributed by atoms with Crippen molar-refractivity contribution in [3.05, 3.63) is 47.7 Å². The van der Waals surface area contributed by atoms with Crippen LogP contribution in [0.4, 0.5) is 22.0 Å². The first-order valence-electron chi connectivity index (χ1n) is 9.85. The number of pyridine rings is 1. The summed E-state index contributed by atoms with van der Waals surface area (Å²) in [6.07, 6.45) is -1.68. The highest BCUT2D eigenvalue weighted by Gasteiger charge is 2.34. The van der Waals surface area contributed by atoms with E-state index in [1.165, 1.54) is 24.4 Å². The Morgan fingerprint density at radius 3 is 2.56 bits per heavy atom. The lowest BCUT2D eigenvalue weighted by atomic mass is 10.1. The fourth-order valence-corrected chi connectivity index (χ4v) is 3.70. The Morgan fingerprint density at radius 2 is 1.94 bits per heavy atom. The molecular weight excluding hydrogens is 435 g/mol. The SMILES string of the molecule is CC(F)(F)c1nc2c(-c3ccc(C(=O)N4CCOCC4)cc3F)nccc2n1CC(F)F. The van der Waals surface area contributed by atoms with E-state index in [4.69, 9.17) is 4.74 Å². The molecule has 4 rings (SSSR count). The van der Waals surface area contributed by atoms with Crippen molar-refractivity contribution < 1.29 is 31.5 Å². The van der Waals surface area contributed by atoms with Crippen molar-refractivity contribution in [3.8, 4) is 11.3 Å². The molecule has 6 nitrogen and oxygen atoms in total. The van der Waals surface area contributed by atoms with Gasteiger partial charge in [0.25, 0.3) is 12.3 Å². The average Bonchev–Trinajstić information content (AvgIpc) is 3.12. The van der Waals surface area contributed by atoms with Crippen molar-refractivity contribution in [2.45, 2.75) is 25.8 Å². The number of carbonyl (C=O) groups excluding carboxylic acids is 1. The number of hydrogen-bond donors (Lipinski definition) is 0. The number of ether oxygens (including phenoxy) is 1. The van der Waals surface area contributed by atoms with E-state index in [0.29, 0.717) is 33.2 Å². The summed E-state index contributed by atoms with van der Waals surface area (Å²) in [4.78, 5) is 22.0. The first-order valence-corrected chi connectivity index (χ1v) is 9.85. The number of fused-ring (bicyclic) bond motifs is 1. The molecule has 0 atom stereocenters. The number of rotatable bonds is 5. The van der Waals surface area contributed by atoms with Crippen molar-refractivity contribution in [2.24, 2.45) is 0 Å². The number of halogens is 5. The molecule has 0 radical (unpaired) electrons. The van der Waals surface area contributed by atoms with Gasteiger partial charge >= 0.3 is 5.92 Å². The minimum atomic E-state index is -3.50. The van der Waals surface area contributed by atoms with Crippen LogP contribution in [-0.4, -0.2) is 58.1 Å². The number of alkyl halides is 4. The molecule has 0 spiro atoms. The lowest BCUT2D eigenvalue weighted by Crippen LogP contribution is -2.40. The molecule has 0 N–H and O–H groups in total. The smallest absolute Gasteiger partial charge is 0.302 e. The van der Waals surface area contributed by atoms with Gasteiger partial charge in [0, 0.05) is 37.3 Å². The van der Waals surface area contributed by atoms with Crippen molar-refractivity contribution in [1.29, 1.82) is 0 Å². The Hall–Kier alpha value is -3.08. The summed E-state index contributed by atoms with van der Waals surface area (Å²) in [6, 6.07) is 5.03. The molecule has 3 heterocycles. The summed E-state index contributed by atoms with van der Waals surface area (Å²) in [5.74, 6) is -5.53. The number of nitrogens with zero attached hydrogens (tertiary/aromatic N) is 4. The summed E-state index contributed by atoms with van der Waals surface area (Å²) in [5, 5.41) is 0. The molecule has 1 fully saturated rings. The van der Waals surface area contributed by atoms with Crippen LogP contribution in [0.3, 0.4) is 0 Å². The third-order valence-corrected chi connectivity index (χ3v) is 5.15. The molecule has 0 saturated carbocycles. The predicted octanol–water partition coefficient (Wildman–Crippen LogP) is 4.09. The maximum Gasteiger partial charge on any atom is 0.302 e. The molecule has 170 valence electrons. The van der Waals surface area contributed by atoms with E-state index in [2.05, 4.69) is 9.97 Å². The third-order valence-electron chi connectivity index (χ3n) is 5.15. The molecule has 3 aromatic rings. The standard InChI is InChI=1S/C21H19F5N4O2/c1-21(25,26)20-28-18-15(30(20)11-16(23)24)4-5-27-17(18)13-3-2-12(10-14(13)22)19(31)29-6-8-32-9-7-29/h2-5,10,16H,6-9,11H2,1H3. The number of hydrogen-bond acceptors (Lipinski definition) is 4. The second-order valence-electron chi connectivity index (χ2n) is 7.45. The minimum absolute atomic E-state index is 0.0142. The number of aromatic nitrogens is 3. The van der Waals surface area contributed by atoms with Gasteiger partial charge in [-0.15, -0.1) is 0 Å². The molecular formula is C21H19F5N4O2. The molecule has 0 aliphatic carbocycles. The fraction of sp³-hybridized carbons (Fsp3) is 0.381. The monoisotopic (exact) mass is 454 g/mol. The molecule has 1 saturated heterocycles. The predicted molar refractivity (Wildman–Crippen MR) is 105 cm³/mol. The second-order valence-corrected chi connectivity index (χ2v) is 7.45. The molecule has 32 heavy (non-hydrogen) atoms. The van der Waals surface area contributed by atoms with Crippen LogP contribution in [0.5, 0.6) is 0 Å². The van der Waals surface area contributed by atoms with Gasteiger partial charge in [-0.3, -0.25) is 9.78 Å². The van der Waals surface area contributed by atoms with E-state index < -0.39 is 30.5 Å². The zero-order valence-electron chi connectivity index (χ0n) is 17.0. The normalized spacial score (nSPS) is 15.0. The van der Waals surface area contributed by atoms with Gasteiger partial charge in [0.05, 0.1) is 25.3 Å².